The number of rotatable bonds is 3. The zero-order chi connectivity index (χ0) is 14.8. The Hall–Kier alpha value is -1.80. The zero-order valence-corrected chi connectivity index (χ0v) is 10.4. The van der Waals surface area contributed by atoms with Crippen LogP contribution < -0.4 is 16.0 Å². The van der Waals surface area contributed by atoms with Crippen molar-refractivity contribution < 1.29 is 23.1 Å². The SMILES string of the molecule is O=C(NCC1(O)CNC1)Nc1cccc(C(F)(F)F)c1. The normalized spacial score (nSPS) is 17.2. The summed E-state index contributed by atoms with van der Waals surface area (Å²) in [6, 6.07) is 3.67. The van der Waals surface area contributed by atoms with E-state index in [1.54, 1.807) is 0 Å². The average molecular weight is 289 g/mol. The van der Waals surface area contributed by atoms with E-state index >= 15 is 0 Å². The number of β-amino-alcohol motifs (C(OH)–C–C–N with tert-alkyl or cyclic N) is 1. The van der Waals surface area contributed by atoms with Gasteiger partial charge in [0.1, 0.15) is 5.60 Å². The van der Waals surface area contributed by atoms with Gasteiger partial charge in [-0.2, -0.15) is 13.2 Å². The highest BCUT2D eigenvalue weighted by Crippen LogP contribution is 2.30. The van der Waals surface area contributed by atoms with E-state index in [0.717, 1.165) is 12.1 Å². The quantitative estimate of drug-likeness (QED) is 0.675. The van der Waals surface area contributed by atoms with Crippen LogP contribution in [0.2, 0.25) is 0 Å². The van der Waals surface area contributed by atoms with Crippen LogP contribution in [0.25, 0.3) is 0 Å². The Kier molecular flexibility index (Phi) is 3.87. The lowest BCUT2D eigenvalue weighted by Crippen LogP contribution is -2.64. The molecule has 1 aromatic carbocycles. The van der Waals surface area contributed by atoms with Crippen molar-refractivity contribution in [1.29, 1.82) is 0 Å². The minimum atomic E-state index is -4.46. The van der Waals surface area contributed by atoms with E-state index in [1.165, 1.54) is 12.1 Å². The molecule has 110 valence electrons. The van der Waals surface area contributed by atoms with E-state index in [1.807, 2.05) is 0 Å². The van der Waals surface area contributed by atoms with Gasteiger partial charge in [-0.1, -0.05) is 6.07 Å². The molecule has 20 heavy (non-hydrogen) atoms. The highest BCUT2D eigenvalue weighted by Gasteiger charge is 2.34. The molecule has 0 bridgehead atoms. The molecule has 0 spiro atoms. The number of aliphatic hydroxyl groups is 1. The first-order chi connectivity index (χ1) is 9.28. The van der Waals surface area contributed by atoms with Gasteiger partial charge in [-0.25, -0.2) is 4.79 Å². The second-order valence-electron chi connectivity index (χ2n) is 4.71. The maximum Gasteiger partial charge on any atom is 0.416 e. The Morgan fingerprint density at radius 1 is 1.40 bits per heavy atom. The maximum absolute atomic E-state index is 12.5. The topological polar surface area (TPSA) is 73.4 Å². The van der Waals surface area contributed by atoms with Gasteiger partial charge in [0, 0.05) is 18.8 Å². The van der Waals surface area contributed by atoms with E-state index in [0.29, 0.717) is 13.1 Å². The van der Waals surface area contributed by atoms with Crippen molar-refractivity contribution in [2.75, 3.05) is 25.0 Å². The summed E-state index contributed by atoms with van der Waals surface area (Å²) < 4.78 is 37.5. The molecule has 0 saturated carbocycles. The molecule has 4 N–H and O–H groups in total. The van der Waals surface area contributed by atoms with Crippen LogP contribution in [0, 0.1) is 0 Å². The molecule has 2 rings (SSSR count). The Balaban J connectivity index is 1.91. The van der Waals surface area contributed by atoms with E-state index in [-0.39, 0.29) is 12.2 Å². The van der Waals surface area contributed by atoms with Gasteiger partial charge in [0.2, 0.25) is 0 Å². The minimum absolute atomic E-state index is 0.0325. The molecule has 1 saturated heterocycles. The third-order valence-corrected chi connectivity index (χ3v) is 2.93. The summed E-state index contributed by atoms with van der Waals surface area (Å²) >= 11 is 0. The number of hydrogen-bond acceptors (Lipinski definition) is 3. The monoisotopic (exact) mass is 289 g/mol. The second kappa shape index (κ2) is 5.29. The summed E-state index contributed by atoms with van der Waals surface area (Å²) in [4.78, 5) is 11.5. The van der Waals surface area contributed by atoms with Crippen LogP contribution in [-0.2, 0) is 6.18 Å². The zero-order valence-electron chi connectivity index (χ0n) is 10.4. The van der Waals surface area contributed by atoms with Crippen molar-refractivity contribution in [2.24, 2.45) is 0 Å². The van der Waals surface area contributed by atoms with Crippen LogP contribution in [0.4, 0.5) is 23.7 Å². The molecule has 0 radical (unpaired) electrons. The number of amides is 2. The first kappa shape index (κ1) is 14.6. The van der Waals surface area contributed by atoms with Crippen molar-refractivity contribution in [3.63, 3.8) is 0 Å². The molecule has 2 amide bonds. The fourth-order valence-electron chi connectivity index (χ4n) is 1.73. The summed E-state index contributed by atoms with van der Waals surface area (Å²) in [7, 11) is 0. The number of benzene rings is 1. The highest BCUT2D eigenvalue weighted by atomic mass is 19.4. The summed E-state index contributed by atoms with van der Waals surface area (Å²) in [6.07, 6.45) is -4.46. The third-order valence-electron chi connectivity index (χ3n) is 2.93. The van der Waals surface area contributed by atoms with Gasteiger partial charge in [-0.05, 0) is 18.2 Å². The van der Waals surface area contributed by atoms with Crippen LogP contribution in [0.1, 0.15) is 5.56 Å². The predicted octanol–water partition coefficient (Wildman–Crippen LogP) is 1.16. The lowest BCUT2D eigenvalue weighted by atomic mass is 9.98. The fraction of sp³-hybridized carbons (Fsp3) is 0.417. The van der Waals surface area contributed by atoms with Gasteiger partial charge < -0.3 is 21.1 Å². The molecule has 5 nitrogen and oxygen atoms in total. The van der Waals surface area contributed by atoms with Crippen LogP contribution >= 0.6 is 0 Å². The molecular weight excluding hydrogens is 275 g/mol. The van der Waals surface area contributed by atoms with Gasteiger partial charge in [0.15, 0.2) is 0 Å². The smallest absolute Gasteiger partial charge is 0.385 e. The van der Waals surface area contributed by atoms with E-state index in [2.05, 4.69) is 16.0 Å². The first-order valence-electron chi connectivity index (χ1n) is 5.94. The summed E-state index contributed by atoms with van der Waals surface area (Å²) in [5.74, 6) is 0. The van der Waals surface area contributed by atoms with Crippen molar-refractivity contribution in [3.8, 4) is 0 Å². The van der Waals surface area contributed by atoms with Crippen molar-refractivity contribution in [1.82, 2.24) is 10.6 Å². The minimum Gasteiger partial charge on any atom is -0.385 e. The number of carbonyl (C=O) groups is 1. The van der Waals surface area contributed by atoms with Crippen LogP contribution in [0.3, 0.4) is 0 Å². The van der Waals surface area contributed by atoms with Crippen LogP contribution in [-0.4, -0.2) is 36.4 Å². The molecule has 0 atom stereocenters. The Morgan fingerprint density at radius 2 is 2.10 bits per heavy atom. The summed E-state index contributed by atoms with van der Waals surface area (Å²) in [6.45, 7) is 0.776. The summed E-state index contributed by atoms with van der Waals surface area (Å²) in [5, 5.41) is 17.3. The molecule has 1 aliphatic heterocycles. The van der Waals surface area contributed by atoms with Crippen LogP contribution in [0.15, 0.2) is 24.3 Å². The number of alkyl halides is 3. The van der Waals surface area contributed by atoms with E-state index in [4.69, 9.17) is 0 Å². The van der Waals surface area contributed by atoms with Gasteiger partial charge in [0.05, 0.1) is 12.1 Å². The molecule has 1 aliphatic rings. The lowest BCUT2D eigenvalue weighted by Gasteiger charge is -2.37. The van der Waals surface area contributed by atoms with Crippen molar-refractivity contribution in [2.45, 2.75) is 11.8 Å². The Morgan fingerprint density at radius 3 is 2.65 bits per heavy atom. The van der Waals surface area contributed by atoms with Crippen LogP contribution in [0.5, 0.6) is 0 Å². The van der Waals surface area contributed by atoms with E-state index in [9.17, 15) is 23.1 Å². The molecule has 8 heteroatoms. The van der Waals surface area contributed by atoms with E-state index < -0.39 is 23.4 Å². The van der Waals surface area contributed by atoms with Gasteiger partial charge in [0.25, 0.3) is 0 Å². The standard InChI is InChI=1S/C12H14F3N3O2/c13-12(14,15)8-2-1-3-9(4-8)18-10(19)17-7-11(20)5-16-6-11/h1-4,16,20H,5-7H2,(H2,17,18,19). The molecule has 0 aromatic heterocycles. The number of anilines is 1. The number of hydrogen-bond donors (Lipinski definition) is 4. The number of urea groups is 1. The first-order valence-corrected chi connectivity index (χ1v) is 5.94. The summed E-state index contributed by atoms with van der Waals surface area (Å²) in [5.41, 5.74) is -1.78. The molecule has 1 heterocycles. The van der Waals surface area contributed by atoms with Crippen molar-refractivity contribution >= 4 is 11.7 Å². The van der Waals surface area contributed by atoms with Crippen molar-refractivity contribution in [3.05, 3.63) is 29.8 Å². The van der Waals surface area contributed by atoms with Gasteiger partial charge in [-0.15, -0.1) is 0 Å². The predicted molar refractivity (Wildman–Crippen MR) is 66.3 cm³/mol. The molecular formula is C12H14F3N3O2. The second-order valence-corrected chi connectivity index (χ2v) is 4.71. The average Bonchev–Trinajstić information content (AvgIpc) is 2.33. The maximum atomic E-state index is 12.5. The largest absolute Gasteiger partial charge is 0.416 e. The number of halogens is 3. The Bertz CT molecular complexity index is 501. The molecule has 1 fully saturated rings. The number of carbonyl (C=O) groups excluding carboxylic acids is 1. The fourth-order valence-corrected chi connectivity index (χ4v) is 1.73. The molecule has 0 aliphatic carbocycles. The van der Waals surface area contributed by atoms with Gasteiger partial charge >= 0.3 is 12.2 Å². The lowest BCUT2D eigenvalue weighted by molar-refractivity contribution is -0.137. The Labute approximate surface area is 113 Å². The third kappa shape index (κ3) is 3.61. The number of nitrogens with one attached hydrogen (secondary N) is 3. The molecule has 1 aromatic rings. The highest BCUT2D eigenvalue weighted by molar-refractivity contribution is 5.89. The van der Waals surface area contributed by atoms with Gasteiger partial charge in [-0.3, -0.25) is 0 Å². The molecule has 0 unspecified atom stereocenters.